The van der Waals surface area contributed by atoms with Crippen LogP contribution in [0, 0.1) is 11.6 Å². The van der Waals surface area contributed by atoms with Gasteiger partial charge in [0.15, 0.2) is 11.6 Å². The molecule has 1 aliphatic rings. The number of carbonyl (C=O) groups is 1. The Morgan fingerprint density at radius 2 is 1.86 bits per heavy atom. The quantitative estimate of drug-likeness (QED) is 0.867. The number of halogens is 2. The SMILES string of the molecule is CC1C(Oc2cc(F)ccc2F)OC(=O)N1c1ccccc1. The average molecular weight is 305 g/mol. The Labute approximate surface area is 125 Å². The van der Waals surface area contributed by atoms with Crippen LogP contribution in [0.15, 0.2) is 48.5 Å². The van der Waals surface area contributed by atoms with E-state index in [1.54, 1.807) is 31.2 Å². The lowest BCUT2D eigenvalue weighted by Gasteiger charge is -2.21. The first-order valence-corrected chi connectivity index (χ1v) is 6.73. The maximum absolute atomic E-state index is 13.6. The first-order chi connectivity index (χ1) is 10.6. The molecule has 1 amide bonds. The molecule has 0 radical (unpaired) electrons. The van der Waals surface area contributed by atoms with Gasteiger partial charge in [-0.3, -0.25) is 4.90 Å². The van der Waals surface area contributed by atoms with Crippen LogP contribution in [0.4, 0.5) is 19.3 Å². The average Bonchev–Trinajstić information content (AvgIpc) is 2.78. The van der Waals surface area contributed by atoms with Crippen LogP contribution in [0.1, 0.15) is 6.92 Å². The summed E-state index contributed by atoms with van der Waals surface area (Å²) in [4.78, 5) is 13.4. The third-order valence-corrected chi connectivity index (χ3v) is 3.39. The van der Waals surface area contributed by atoms with E-state index in [-0.39, 0.29) is 5.75 Å². The molecule has 2 aromatic carbocycles. The fourth-order valence-electron chi connectivity index (χ4n) is 2.29. The number of nitrogens with zero attached hydrogens (tertiary/aromatic N) is 1. The van der Waals surface area contributed by atoms with Crippen molar-refractivity contribution in [2.75, 3.05) is 4.90 Å². The third-order valence-electron chi connectivity index (χ3n) is 3.39. The number of rotatable bonds is 3. The van der Waals surface area contributed by atoms with Crippen molar-refractivity contribution in [2.45, 2.75) is 19.3 Å². The summed E-state index contributed by atoms with van der Waals surface area (Å²) in [5.74, 6) is -1.64. The Morgan fingerprint density at radius 1 is 1.14 bits per heavy atom. The molecular weight excluding hydrogens is 292 g/mol. The Morgan fingerprint density at radius 3 is 2.59 bits per heavy atom. The molecule has 1 saturated heterocycles. The van der Waals surface area contributed by atoms with Gasteiger partial charge in [-0.05, 0) is 31.2 Å². The highest BCUT2D eigenvalue weighted by Crippen LogP contribution is 2.29. The van der Waals surface area contributed by atoms with Crippen LogP contribution in [0.5, 0.6) is 5.75 Å². The highest BCUT2D eigenvalue weighted by Gasteiger charge is 2.41. The minimum atomic E-state index is -1.02. The van der Waals surface area contributed by atoms with Crippen molar-refractivity contribution >= 4 is 11.8 Å². The van der Waals surface area contributed by atoms with E-state index >= 15 is 0 Å². The first-order valence-electron chi connectivity index (χ1n) is 6.73. The van der Waals surface area contributed by atoms with Crippen molar-refractivity contribution in [3.05, 3.63) is 60.2 Å². The van der Waals surface area contributed by atoms with Gasteiger partial charge < -0.3 is 9.47 Å². The molecule has 0 spiro atoms. The highest BCUT2D eigenvalue weighted by molar-refractivity contribution is 5.90. The molecule has 0 saturated carbocycles. The number of benzene rings is 2. The summed E-state index contributed by atoms with van der Waals surface area (Å²) >= 11 is 0. The third kappa shape index (κ3) is 2.59. The molecule has 0 aromatic heterocycles. The van der Waals surface area contributed by atoms with Gasteiger partial charge in [-0.15, -0.1) is 0 Å². The molecule has 0 N–H and O–H groups in total. The first kappa shape index (κ1) is 14.3. The lowest BCUT2D eigenvalue weighted by atomic mass is 10.2. The van der Waals surface area contributed by atoms with E-state index in [2.05, 4.69) is 0 Å². The van der Waals surface area contributed by atoms with Crippen molar-refractivity contribution in [2.24, 2.45) is 0 Å². The largest absolute Gasteiger partial charge is 0.449 e. The number of ether oxygens (including phenoxy) is 2. The maximum atomic E-state index is 13.6. The van der Waals surface area contributed by atoms with Gasteiger partial charge in [-0.2, -0.15) is 0 Å². The number of hydrogen-bond acceptors (Lipinski definition) is 3. The van der Waals surface area contributed by atoms with Gasteiger partial charge in [0.05, 0.1) is 0 Å². The Bertz CT molecular complexity index is 693. The van der Waals surface area contributed by atoms with Crippen LogP contribution in [-0.2, 0) is 4.74 Å². The number of para-hydroxylation sites is 1. The fourth-order valence-corrected chi connectivity index (χ4v) is 2.29. The smallest absolute Gasteiger partial charge is 0.417 e. The lowest BCUT2D eigenvalue weighted by molar-refractivity contribution is -0.0131. The molecule has 0 aliphatic carbocycles. The van der Waals surface area contributed by atoms with Gasteiger partial charge in [0.2, 0.25) is 0 Å². The molecular formula is C16H13F2NO3. The summed E-state index contributed by atoms with van der Waals surface area (Å²) < 4.78 is 37.2. The van der Waals surface area contributed by atoms with Crippen molar-refractivity contribution < 1.29 is 23.0 Å². The molecule has 2 atom stereocenters. The van der Waals surface area contributed by atoms with E-state index in [9.17, 15) is 13.6 Å². The van der Waals surface area contributed by atoms with E-state index in [4.69, 9.17) is 9.47 Å². The van der Waals surface area contributed by atoms with E-state index < -0.39 is 30.1 Å². The summed E-state index contributed by atoms with van der Waals surface area (Å²) in [6.45, 7) is 1.71. The van der Waals surface area contributed by atoms with E-state index in [0.29, 0.717) is 5.69 Å². The van der Waals surface area contributed by atoms with Crippen molar-refractivity contribution in [1.29, 1.82) is 0 Å². The predicted octanol–water partition coefficient (Wildman–Crippen LogP) is 3.72. The molecule has 1 fully saturated rings. The van der Waals surface area contributed by atoms with Crippen molar-refractivity contribution in [1.82, 2.24) is 0 Å². The number of hydrogen-bond donors (Lipinski definition) is 0. The van der Waals surface area contributed by atoms with Gasteiger partial charge in [-0.25, -0.2) is 13.6 Å². The molecule has 2 aromatic rings. The molecule has 1 aliphatic heterocycles. The van der Waals surface area contributed by atoms with Crippen LogP contribution < -0.4 is 9.64 Å². The minimum Gasteiger partial charge on any atom is -0.449 e. The zero-order valence-corrected chi connectivity index (χ0v) is 11.7. The second kappa shape index (κ2) is 5.63. The van der Waals surface area contributed by atoms with Gasteiger partial charge in [0.1, 0.15) is 11.9 Å². The van der Waals surface area contributed by atoms with Crippen LogP contribution in [0.3, 0.4) is 0 Å². The maximum Gasteiger partial charge on any atom is 0.417 e. The zero-order valence-electron chi connectivity index (χ0n) is 11.7. The molecule has 22 heavy (non-hydrogen) atoms. The summed E-state index contributed by atoms with van der Waals surface area (Å²) in [5, 5.41) is 0. The number of cyclic esters (lactones) is 1. The Balaban J connectivity index is 1.82. The van der Waals surface area contributed by atoms with Crippen molar-refractivity contribution in [3.63, 3.8) is 0 Å². The Kier molecular flexibility index (Phi) is 3.66. The molecule has 114 valence electrons. The normalized spacial score (nSPS) is 20.9. The monoisotopic (exact) mass is 305 g/mol. The lowest BCUT2D eigenvalue weighted by Crippen LogP contribution is -2.36. The van der Waals surface area contributed by atoms with Crippen LogP contribution in [0.25, 0.3) is 0 Å². The second-order valence-corrected chi connectivity index (χ2v) is 4.89. The van der Waals surface area contributed by atoms with E-state index in [1.807, 2.05) is 6.07 Å². The molecule has 2 unspecified atom stereocenters. The van der Waals surface area contributed by atoms with E-state index in [0.717, 1.165) is 18.2 Å². The Hall–Kier alpha value is -2.63. The molecule has 3 rings (SSSR count). The summed E-state index contributed by atoms with van der Waals surface area (Å²) in [5.41, 5.74) is 0.644. The van der Waals surface area contributed by atoms with E-state index in [1.165, 1.54) is 4.90 Å². The molecule has 0 bridgehead atoms. The molecule has 6 heteroatoms. The van der Waals surface area contributed by atoms with Gasteiger partial charge in [0, 0.05) is 11.8 Å². The topological polar surface area (TPSA) is 38.8 Å². The van der Waals surface area contributed by atoms with Gasteiger partial charge in [0.25, 0.3) is 6.29 Å². The minimum absolute atomic E-state index is 0.292. The van der Waals surface area contributed by atoms with Gasteiger partial charge >= 0.3 is 6.09 Å². The van der Waals surface area contributed by atoms with Gasteiger partial charge in [-0.1, -0.05) is 18.2 Å². The van der Waals surface area contributed by atoms with Crippen LogP contribution in [0.2, 0.25) is 0 Å². The molecule has 4 nitrogen and oxygen atoms in total. The number of carbonyl (C=O) groups excluding carboxylic acids is 1. The zero-order chi connectivity index (χ0) is 15.7. The summed E-state index contributed by atoms with van der Waals surface area (Å²) in [7, 11) is 0. The van der Waals surface area contributed by atoms with Crippen LogP contribution in [-0.4, -0.2) is 18.4 Å². The van der Waals surface area contributed by atoms with Crippen molar-refractivity contribution in [3.8, 4) is 5.75 Å². The standard InChI is InChI=1S/C16H13F2NO3/c1-10-15(21-14-9-11(17)7-8-13(14)18)22-16(20)19(10)12-5-3-2-4-6-12/h2-10,15H,1H3. The summed E-state index contributed by atoms with van der Waals surface area (Å²) in [6, 6.07) is 11.3. The second-order valence-electron chi connectivity index (χ2n) is 4.89. The number of anilines is 1. The number of amides is 1. The fraction of sp³-hybridized carbons (Fsp3) is 0.188. The predicted molar refractivity (Wildman–Crippen MR) is 75.6 cm³/mol. The molecule has 1 heterocycles. The highest BCUT2D eigenvalue weighted by atomic mass is 19.1. The van der Waals surface area contributed by atoms with Crippen LogP contribution >= 0.6 is 0 Å². The summed E-state index contributed by atoms with van der Waals surface area (Å²) in [6.07, 6.45) is -1.62.